The minimum Gasteiger partial charge on any atom is -0.468 e. The molecule has 1 aliphatic rings. The fraction of sp³-hybridized carbons (Fsp3) is 0.917. The molecule has 3 N–H and O–H groups in total. The second kappa shape index (κ2) is 7.95. The van der Waals surface area contributed by atoms with Gasteiger partial charge in [-0.2, -0.15) is 11.8 Å². The van der Waals surface area contributed by atoms with E-state index in [1.54, 1.807) is 0 Å². The minimum atomic E-state index is -0.580. The summed E-state index contributed by atoms with van der Waals surface area (Å²) in [6.07, 6.45) is 5.73. The molecule has 0 aromatic rings. The summed E-state index contributed by atoms with van der Waals surface area (Å²) >= 11 is 1.52. The molecule has 5 heteroatoms. The van der Waals surface area contributed by atoms with Crippen molar-refractivity contribution in [3.8, 4) is 0 Å². The SMILES string of the molecule is COC(=O)C(N)CSCC(O)CC1CCCC1. The highest BCUT2D eigenvalue weighted by molar-refractivity contribution is 7.99. The van der Waals surface area contributed by atoms with E-state index in [0.717, 1.165) is 6.42 Å². The summed E-state index contributed by atoms with van der Waals surface area (Å²) in [5, 5.41) is 9.84. The van der Waals surface area contributed by atoms with Crippen LogP contribution in [-0.2, 0) is 9.53 Å². The number of aliphatic hydroxyl groups excluding tert-OH is 1. The summed E-state index contributed by atoms with van der Waals surface area (Å²) in [6, 6.07) is -0.580. The number of hydrogen-bond acceptors (Lipinski definition) is 5. The summed E-state index contributed by atoms with van der Waals surface area (Å²) in [5.74, 6) is 1.47. The van der Waals surface area contributed by atoms with Crippen LogP contribution in [0.25, 0.3) is 0 Å². The smallest absolute Gasteiger partial charge is 0.323 e. The van der Waals surface area contributed by atoms with Crippen molar-refractivity contribution in [1.82, 2.24) is 0 Å². The van der Waals surface area contributed by atoms with Crippen molar-refractivity contribution in [3.05, 3.63) is 0 Å². The fourth-order valence-corrected chi connectivity index (χ4v) is 3.18. The van der Waals surface area contributed by atoms with Crippen LogP contribution in [0.4, 0.5) is 0 Å². The van der Waals surface area contributed by atoms with E-state index >= 15 is 0 Å². The van der Waals surface area contributed by atoms with Crippen LogP contribution in [-0.4, -0.2) is 41.8 Å². The molecule has 1 rings (SSSR count). The Kier molecular flexibility index (Phi) is 6.92. The number of aliphatic hydroxyl groups is 1. The van der Waals surface area contributed by atoms with Crippen LogP contribution in [0.5, 0.6) is 0 Å². The first kappa shape index (κ1) is 14.8. The second-order valence-electron chi connectivity index (χ2n) is 4.71. The van der Waals surface area contributed by atoms with Gasteiger partial charge in [0, 0.05) is 11.5 Å². The van der Waals surface area contributed by atoms with E-state index in [0.29, 0.717) is 17.4 Å². The predicted molar refractivity (Wildman–Crippen MR) is 69.9 cm³/mol. The van der Waals surface area contributed by atoms with E-state index < -0.39 is 6.04 Å². The van der Waals surface area contributed by atoms with Crippen molar-refractivity contribution in [1.29, 1.82) is 0 Å². The Morgan fingerprint density at radius 1 is 1.47 bits per heavy atom. The van der Waals surface area contributed by atoms with Gasteiger partial charge in [-0.1, -0.05) is 25.7 Å². The van der Waals surface area contributed by atoms with Crippen molar-refractivity contribution < 1.29 is 14.6 Å². The Morgan fingerprint density at radius 2 is 2.12 bits per heavy atom. The number of nitrogens with two attached hydrogens (primary N) is 1. The molecule has 2 atom stereocenters. The summed E-state index contributed by atoms with van der Waals surface area (Å²) in [6.45, 7) is 0. The van der Waals surface area contributed by atoms with Crippen molar-refractivity contribution in [2.24, 2.45) is 11.7 Å². The first-order valence-electron chi connectivity index (χ1n) is 6.22. The Balaban J connectivity index is 2.06. The van der Waals surface area contributed by atoms with Gasteiger partial charge < -0.3 is 15.6 Å². The minimum absolute atomic E-state index is 0.270. The van der Waals surface area contributed by atoms with Gasteiger partial charge in [0.15, 0.2) is 0 Å². The molecule has 0 bridgehead atoms. The van der Waals surface area contributed by atoms with E-state index in [9.17, 15) is 9.90 Å². The van der Waals surface area contributed by atoms with Crippen LogP contribution in [0.1, 0.15) is 32.1 Å². The maximum atomic E-state index is 11.0. The molecule has 2 unspecified atom stereocenters. The van der Waals surface area contributed by atoms with Crippen LogP contribution in [0.2, 0.25) is 0 Å². The van der Waals surface area contributed by atoms with Gasteiger partial charge >= 0.3 is 5.97 Å². The Labute approximate surface area is 107 Å². The zero-order chi connectivity index (χ0) is 12.7. The van der Waals surface area contributed by atoms with Gasteiger partial charge in [-0.15, -0.1) is 0 Å². The first-order chi connectivity index (χ1) is 8.13. The van der Waals surface area contributed by atoms with Gasteiger partial charge in [-0.3, -0.25) is 4.79 Å². The number of thioether (sulfide) groups is 1. The van der Waals surface area contributed by atoms with Crippen molar-refractivity contribution in [2.45, 2.75) is 44.2 Å². The molecular weight excluding hydrogens is 238 g/mol. The Morgan fingerprint density at radius 3 is 2.71 bits per heavy atom. The molecule has 0 aliphatic heterocycles. The summed E-state index contributed by atoms with van der Waals surface area (Å²) in [4.78, 5) is 11.0. The normalized spacial score (nSPS) is 20.2. The maximum absolute atomic E-state index is 11.0. The number of methoxy groups -OCH3 is 1. The zero-order valence-corrected chi connectivity index (χ0v) is 11.2. The molecule has 1 aliphatic carbocycles. The lowest BCUT2D eigenvalue weighted by Crippen LogP contribution is -2.34. The molecule has 0 aromatic carbocycles. The third-order valence-corrected chi connectivity index (χ3v) is 4.41. The van der Waals surface area contributed by atoms with Gasteiger partial charge in [-0.25, -0.2) is 0 Å². The van der Waals surface area contributed by atoms with Crippen molar-refractivity contribution >= 4 is 17.7 Å². The maximum Gasteiger partial charge on any atom is 0.323 e. The van der Waals surface area contributed by atoms with Crippen molar-refractivity contribution in [3.63, 3.8) is 0 Å². The van der Waals surface area contributed by atoms with Gasteiger partial charge in [0.05, 0.1) is 13.2 Å². The Bertz CT molecular complexity index is 232. The summed E-state index contributed by atoms with van der Waals surface area (Å²) in [5.41, 5.74) is 5.60. The number of carbonyl (C=O) groups excluding carboxylic acids is 1. The van der Waals surface area contributed by atoms with E-state index in [2.05, 4.69) is 4.74 Å². The van der Waals surface area contributed by atoms with Gasteiger partial charge in [0.25, 0.3) is 0 Å². The monoisotopic (exact) mass is 261 g/mol. The third-order valence-electron chi connectivity index (χ3n) is 3.19. The molecule has 0 saturated heterocycles. The lowest BCUT2D eigenvalue weighted by molar-refractivity contribution is -0.141. The summed E-state index contributed by atoms with van der Waals surface area (Å²) < 4.78 is 4.54. The lowest BCUT2D eigenvalue weighted by atomic mass is 10.0. The highest BCUT2D eigenvalue weighted by Gasteiger charge is 2.19. The number of carbonyl (C=O) groups is 1. The molecule has 17 heavy (non-hydrogen) atoms. The average Bonchev–Trinajstić information content (AvgIpc) is 2.80. The first-order valence-corrected chi connectivity index (χ1v) is 7.38. The van der Waals surface area contributed by atoms with Crippen LogP contribution in [0.15, 0.2) is 0 Å². The topological polar surface area (TPSA) is 72.5 Å². The second-order valence-corrected chi connectivity index (χ2v) is 5.78. The standard InChI is InChI=1S/C12H23NO3S/c1-16-12(15)11(13)8-17-7-10(14)6-9-4-2-3-5-9/h9-11,14H,2-8,13H2,1H3. The summed E-state index contributed by atoms with van der Waals surface area (Å²) in [7, 11) is 1.34. The number of hydrogen-bond donors (Lipinski definition) is 2. The Hall–Kier alpha value is -0.260. The molecule has 0 radical (unpaired) electrons. The molecule has 4 nitrogen and oxygen atoms in total. The van der Waals surface area contributed by atoms with Crippen molar-refractivity contribution in [2.75, 3.05) is 18.6 Å². The fourth-order valence-electron chi connectivity index (χ4n) is 2.25. The van der Waals surface area contributed by atoms with E-state index in [1.165, 1.54) is 44.6 Å². The van der Waals surface area contributed by atoms with Gasteiger partial charge in [0.2, 0.25) is 0 Å². The van der Waals surface area contributed by atoms with Crippen LogP contribution >= 0.6 is 11.8 Å². The molecule has 0 heterocycles. The number of ether oxygens (including phenoxy) is 1. The van der Waals surface area contributed by atoms with E-state index in [-0.39, 0.29) is 12.1 Å². The van der Waals surface area contributed by atoms with Gasteiger partial charge in [0.1, 0.15) is 6.04 Å². The van der Waals surface area contributed by atoms with Crippen LogP contribution < -0.4 is 5.73 Å². The molecule has 0 amide bonds. The number of rotatable bonds is 7. The van der Waals surface area contributed by atoms with Gasteiger partial charge in [-0.05, 0) is 12.3 Å². The van der Waals surface area contributed by atoms with Crippen LogP contribution in [0, 0.1) is 5.92 Å². The highest BCUT2D eigenvalue weighted by Crippen LogP contribution is 2.29. The molecular formula is C12H23NO3S. The molecule has 1 fully saturated rings. The number of esters is 1. The lowest BCUT2D eigenvalue weighted by Gasteiger charge is -2.15. The zero-order valence-electron chi connectivity index (χ0n) is 10.4. The highest BCUT2D eigenvalue weighted by atomic mass is 32.2. The molecule has 100 valence electrons. The van der Waals surface area contributed by atoms with E-state index in [4.69, 9.17) is 5.73 Å². The predicted octanol–water partition coefficient (Wildman–Crippen LogP) is 1.16. The van der Waals surface area contributed by atoms with E-state index in [1.807, 2.05) is 0 Å². The quantitative estimate of drug-likeness (QED) is 0.673. The molecule has 1 saturated carbocycles. The third kappa shape index (κ3) is 5.75. The van der Waals surface area contributed by atoms with Crippen LogP contribution in [0.3, 0.4) is 0 Å². The molecule has 0 aromatic heterocycles. The average molecular weight is 261 g/mol. The largest absolute Gasteiger partial charge is 0.468 e. The molecule has 0 spiro atoms.